The van der Waals surface area contributed by atoms with Crippen LogP contribution in [0.3, 0.4) is 0 Å². The molecule has 41 heavy (non-hydrogen) atoms. The summed E-state index contributed by atoms with van der Waals surface area (Å²) in [4.78, 5) is 7.51. The van der Waals surface area contributed by atoms with Crippen molar-refractivity contribution >= 4 is 0 Å². The topological polar surface area (TPSA) is 55.0 Å². The molecule has 0 radical (unpaired) electrons. The van der Waals surface area contributed by atoms with Crippen LogP contribution in [-0.2, 0) is 4.74 Å². The number of hydrogen-bond acceptors (Lipinski definition) is 7. The van der Waals surface area contributed by atoms with E-state index in [1.807, 2.05) is 0 Å². The molecule has 0 aromatic carbocycles. The highest BCUT2D eigenvalue weighted by Crippen LogP contribution is 2.19. The van der Waals surface area contributed by atoms with E-state index in [-0.39, 0.29) is 0 Å². The number of nitrogens with zero attached hydrogens (tertiary/aromatic N) is 3. The largest absolute Gasteiger partial charge is 0.380 e. The smallest absolute Gasteiger partial charge is 0.0591 e. The highest BCUT2D eigenvalue weighted by molar-refractivity contribution is 4.71. The minimum absolute atomic E-state index is 0.711. The zero-order valence-corrected chi connectivity index (χ0v) is 29.1. The van der Waals surface area contributed by atoms with Gasteiger partial charge in [0, 0.05) is 51.4 Å². The SMILES string of the molecule is CC(C)C1CCCCNC1.CC(C)C1CNCCOC1.CC(C)N1CCCN(C)CC1.CC(C)N1CCCNCC1. The molecular formula is C34H74N6O. The Kier molecular flexibility index (Phi) is 22.8. The third-order valence-corrected chi connectivity index (χ3v) is 9.22. The summed E-state index contributed by atoms with van der Waals surface area (Å²) in [6.07, 6.45) is 6.87. The van der Waals surface area contributed by atoms with Crippen molar-refractivity contribution in [1.29, 1.82) is 0 Å². The molecule has 0 aliphatic carbocycles. The molecular weight excluding hydrogens is 508 g/mol. The van der Waals surface area contributed by atoms with Crippen LogP contribution in [-0.4, -0.2) is 126 Å². The summed E-state index contributed by atoms with van der Waals surface area (Å²) in [6, 6.07) is 1.45. The van der Waals surface area contributed by atoms with Gasteiger partial charge < -0.3 is 25.6 Å². The number of hydrogen-bond donors (Lipinski definition) is 3. The average Bonchev–Trinajstić information content (AvgIpc) is 3.53. The number of rotatable bonds is 4. The predicted molar refractivity (Wildman–Crippen MR) is 180 cm³/mol. The van der Waals surface area contributed by atoms with Gasteiger partial charge in [0.2, 0.25) is 0 Å². The highest BCUT2D eigenvalue weighted by atomic mass is 16.5. The molecule has 2 atom stereocenters. The summed E-state index contributed by atoms with van der Waals surface area (Å²) in [5.41, 5.74) is 0. The predicted octanol–water partition coefficient (Wildman–Crippen LogP) is 4.63. The summed E-state index contributed by atoms with van der Waals surface area (Å²) < 4.78 is 5.41. The molecule has 0 amide bonds. The van der Waals surface area contributed by atoms with Gasteiger partial charge in [-0.1, -0.05) is 34.1 Å². The quantitative estimate of drug-likeness (QED) is 0.447. The molecule has 4 rings (SSSR count). The maximum absolute atomic E-state index is 5.41. The van der Waals surface area contributed by atoms with Crippen molar-refractivity contribution in [2.24, 2.45) is 23.7 Å². The Balaban J connectivity index is 0.000000274. The zero-order valence-electron chi connectivity index (χ0n) is 29.1. The summed E-state index contributed by atoms with van der Waals surface area (Å²) in [5, 5.41) is 10.2. The molecule has 4 heterocycles. The van der Waals surface area contributed by atoms with E-state index in [1.54, 1.807) is 0 Å². The second-order valence-electron chi connectivity index (χ2n) is 14.0. The fourth-order valence-corrected chi connectivity index (χ4v) is 5.73. The van der Waals surface area contributed by atoms with Crippen molar-refractivity contribution in [3.05, 3.63) is 0 Å². The molecule has 4 saturated heterocycles. The Morgan fingerprint density at radius 3 is 1.85 bits per heavy atom. The van der Waals surface area contributed by atoms with E-state index in [0.717, 1.165) is 62.7 Å². The van der Waals surface area contributed by atoms with E-state index in [0.29, 0.717) is 5.92 Å². The molecule has 0 aromatic rings. The first-order valence-corrected chi connectivity index (χ1v) is 17.5. The van der Waals surface area contributed by atoms with E-state index in [9.17, 15) is 0 Å². The van der Waals surface area contributed by atoms with E-state index in [1.165, 1.54) is 91.0 Å². The van der Waals surface area contributed by atoms with Gasteiger partial charge in [0.1, 0.15) is 0 Å². The molecule has 4 fully saturated rings. The Morgan fingerprint density at radius 1 is 0.561 bits per heavy atom. The average molecular weight is 583 g/mol. The zero-order chi connectivity index (χ0) is 30.5. The Hall–Kier alpha value is -0.280. The van der Waals surface area contributed by atoms with Crippen LogP contribution in [0, 0.1) is 23.7 Å². The lowest BCUT2D eigenvalue weighted by Gasteiger charge is -2.23. The lowest BCUT2D eigenvalue weighted by atomic mass is 9.92. The molecule has 4 aliphatic rings. The van der Waals surface area contributed by atoms with Crippen LogP contribution in [0.5, 0.6) is 0 Å². The lowest BCUT2D eigenvalue weighted by Crippen LogP contribution is -2.34. The monoisotopic (exact) mass is 583 g/mol. The van der Waals surface area contributed by atoms with Crippen molar-refractivity contribution in [2.45, 2.75) is 99.6 Å². The number of ether oxygens (including phenoxy) is 1. The molecule has 7 nitrogen and oxygen atoms in total. The molecule has 4 aliphatic heterocycles. The van der Waals surface area contributed by atoms with Crippen molar-refractivity contribution in [2.75, 3.05) is 98.8 Å². The van der Waals surface area contributed by atoms with Crippen LogP contribution in [0.1, 0.15) is 87.5 Å². The second-order valence-corrected chi connectivity index (χ2v) is 14.0. The Labute approximate surface area is 257 Å². The van der Waals surface area contributed by atoms with Crippen LogP contribution in [0.25, 0.3) is 0 Å². The molecule has 0 saturated carbocycles. The molecule has 7 heteroatoms. The van der Waals surface area contributed by atoms with Crippen molar-refractivity contribution in [3.63, 3.8) is 0 Å². The summed E-state index contributed by atoms with van der Waals surface area (Å²) in [5.74, 6) is 3.25. The van der Waals surface area contributed by atoms with Gasteiger partial charge in [0.05, 0.1) is 13.2 Å². The number of nitrogens with one attached hydrogen (secondary N) is 3. The fourth-order valence-electron chi connectivity index (χ4n) is 5.73. The van der Waals surface area contributed by atoms with Gasteiger partial charge >= 0.3 is 0 Å². The van der Waals surface area contributed by atoms with Gasteiger partial charge in [-0.3, -0.25) is 9.80 Å². The van der Waals surface area contributed by atoms with E-state index < -0.39 is 0 Å². The molecule has 0 bridgehead atoms. The molecule has 246 valence electrons. The number of likely N-dealkylation sites (N-methyl/N-ethyl adjacent to an activating group) is 1. The summed E-state index contributed by atoms with van der Waals surface area (Å²) in [7, 11) is 2.21. The van der Waals surface area contributed by atoms with Crippen molar-refractivity contribution < 1.29 is 4.74 Å². The maximum atomic E-state index is 5.41. The van der Waals surface area contributed by atoms with Crippen molar-refractivity contribution in [3.8, 4) is 0 Å². The summed E-state index contributed by atoms with van der Waals surface area (Å²) in [6.45, 7) is 34.6. The third-order valence-electron chi connectivity index (χ3n) is 9.22. The first kappa shape index (κ1) is 38.7. The maximum Gasteiger partial charge on any atom is 0.0591 e. The molecule has 3 N–H and O–H groups in total. The first-order chi connectivity index (χ1) is 19.6. The van der Waals surface area contributed by atoms with Gasteiger partial charge in [-0.2, -0.15) is 0 Å². The summed E-state index contributed by atoms with van der Waals surface area (Å²) >= 11 is 0. The lowest BCUT2D eigenvalue weighted by molar-refractivity contribution is 0.108. The fraction of sp³-hybridized carbons (Fsp3) is 1.00. The van der Waals surface area contributed by atoms with Crippen LogP contribution < -0.4 is 16.0 Å². The normalized spacial score (nSPS) is 26.0. The van der Waals surface area contributed by atoms with Crippen molar-refractivity contribution in [1.82, 2.24) is 30.7 Å². The standard InChI is InChI=1S/C9H20N2.C9H19N.C8H18N2.C8H17NO/c1-9(2)11-6-4-5-10(3)7-8-11;1-8(2)9-5-3-4-6-10-7-9;1-8(2)10-6-3-4-9-5-7-10;1-7(2)8-5-9-3-4-10-6-8/h9H,4-8H2,1-3H3;8-10H,3-7H2,1-2H3;8-9H,3-7H2,1-2H3;7-9H,3-6H2,1-2H3. The van der Waals surface area contributed by atoms with Gasteiger partial charge in [-0.05, 0) is 123 Å². The second kappa shape index (κ2) is 24.1. The first-order valence-electron chi connectivity index (χ1n) is 17.5. The van der Waals surface area contributed by atoms with Crippen LogP contribution in [0.15, 0.2) is 0 Å². The molecule has 0 spiro atoms. The molecule has 2 unspecified atom stereocenters. The van der Waals surface area contributed by atoms with Gasteiger partial charge in [0.15, 0.2) is 0 Å². The minimum Gasteiger partial charge on any atom is -0.380 e. The van der Waals surface area contributed by atoms with Crippen LogP contribution in [0.2, 0.25) is 0 Å². The van der Waals surface area contributed by atoms with Gasteiger partial charge in [-0.15, -0.1) is 0 Å². The van der Waals surface area contributed by atoms with Gasteiger partial charge in [0.25, 0.3) is 0 Å². The minimum atomic E-state index is 0.711. The van der Waals surface area contributed by atoms with Gasteiger partial charge in [-0.25, -0.2) is 0 Å². The molecule has 0 aromatic heterocycles. The Bertz CT molecular complexity index is 507. The van der Waals surface area contributed by atoms with Crippen LogP contribution >= 0.6 is 0 Å². The van der Waals surface area contributed by atoms with E-state index in [2.05, 4.69) is 93.1 Å². The third kappa shape index (κ3) is 19.6. The Morgan fingerprint density at radius 2 is 1.17 bits per heavy atom. The highest BCUT2D eigenvalue weighted by Gasteiger charge is 2.16. The van der Waals surface area contributed by atoms with E-state index >= 15 is 0 Å². The van der Waals surface area contributed by atoms with Crippen LogP contribution in [0.4, 0.5) is 0 Å². The van der Waals surface area contributed by atoms with E-state index in [4.69, 9.17) is 4.74 Å².